The van der Waals surface area contributed by atoms with Crippen molar-refractivity contribution in [3.63, 3.8) is 0 Å². The van der Waals surface area contributed by atoms with Crippen molar-refractivity contribution in [2.75, 3.05) is 13.7 Å². The lowest BCUT2D eigenvalue weighted by Gasteiger charge is -2.26. The molecule has 0 radical (unpaired) electrons. The third-order valence-corrected chi connectivity index (χ3v) is 5.30. The zero-order chi connectivity index (χ0) is 20.2. The number of ether oxygens (including phenoxy) is 2. The number of nitrogens with zero attached hydrogens (tertiary/aromatic N) is 4. The molecular formula is C21H24FN5O2. The smallest absolute Gasteiger partial charge is 0.167 e. The van der Waals surface area contributed by atoms with E-state index in [-0.39, 0.29) is 5.75 Å². The summed E-state index contributed by atoms with van der Waals surface area (Å²) in [5.74, 6) is 0.854. The van der Waals surface area contributed by atoms with Gasteiger partial charge in [0.2, 0.25) is 0 Å². The minimum absolute atomic E-state index is 0.191. The van der Waals surface area contributed by atoms with E-state index in [4.69, 9.17) is 15.2 Å². The molecule has 0 aliphatic heterocycles. The van der Waals surface area contributed by atoms with Gasteiger partial charge < -0.3 is 15.2 Å². The summed E-state index contributed by atoms with van der Waals surface area (Å²) in [6.07, 6.45) is 10.8. The molecule has 1 aliphatic rings. The maximum atomic E-state index is 14.0. The molecule has 4 rings (SSSR count). The predicted octanol–water partition coefficient (Wildman–Crippen LogP) is 3.37. The van der Waals surface area contributed by atoms with E-state index in [1.807, 2.05) is 0 Å². The second-order valence-corrected chi connectivity index (χ2v) is 7.32. The molecule has 2 N–H and O–H groups in total. The summed E-state index contributed by atoms with van der Waals surface area (Å²) in [6.45, 7) is 0.616. The Kier molecular flexibility index (Phi) is 5.71. The molecule has 2 aromatic heterocycles. The molecule has 1 fully saturated rings. The van der Waals surface area contributed by atoms with Gasteiger partial charge in [-0.25, -0.2) is 19.0 Å². The molecule has 2 heterocycles. The van der Waals surface area contributed by atoms with E-state index >= 15 is 0 Å². The molecule has 8 heteroatoms. The van der Waals surface area contributed by atoms with E-state index in [9.17, 15) is 4.39 Å². The average molecular weight is 397 g/mol. The van der Waals surface area contributed by atoms with Gasteiger partial charge in [0.05, 0.1) is 31.8 Å². The highest BCUT2D eigenvalue weighted by Crippen LogP contribution is 2.30. The van der Waals surface area contributed by atoms with E-state index in [1.54, 1.807) is 35.4 Å². The van der Waals surface area contributed by atoms with Crippen molar-refractivity contribution in [3.05, 3.63) is 48.9 Å². The number of aromatic nitrogens is 4. The van der Waals surface area contributed by atoms with E-state index in [1.165, 1.54) is 19.5 Å². The van der Waals surface area contributed by atoms with Crippen LogP contribution < -0.4 is 15.2 Å². The van der Waals surface area contributed by atoms with Gasteiger partial charge in [-0.3, -0.25) is 0 Å². The van der Waals surface area contributed by atoms with Crippen LogP contribution in [0.15, 0.2) is 43.1 Å². The fourth-order valence-corrected chi connectivity index (χ4v) is 3.59. The largest absolute Gasteiger partial charge is 0.494 e. The molecule has 1 aliphatic carbocycles. The Labute approximate surface area is 168 Å². The molecule has 0 unspecified atom stereocenters. The zero-order valence-electron chi connectivity index (χ0n) is 16.3. The fraction of sp³-hybridized carbons (Fsp3) is 0.381. The van der Waals surface area contributed by atoms with Crippen molar-refractivity contribution >= 4 is 0 Å². The second kappa shape index (κ2) is 8.57. The van der Waals surface area contributed by atoms with Crippen molar-refractivity contribution in [2.24, 2.45) is 11.7 Å². The van der Waals surface area contributed by atoms with Gasteiger partial charge in [-0.1, -0.05) is 0 Å². The van der Waals surface area contributed by atoms with Gasteiger partial charge in [-0.2, -0.15) is 5.10 Å². The van der Waals surface area contributed by atoms with E-state index in [0.29, 0.717) is 35.7 Å². The van der Waals surface area contributed by atoms with Gasteiger partial charge >= 0.3 is 0 Å². The highest BCUT2D eigenvalue weighted by molar-refractivity contribution is 5.64. The number of halogens is 1. The molecule has 1 aromatic carbocycles. The van der Waals surface area contributed by atoms with Crippen LogP contribution in [0.1, 0.15) is 25.7 Å². The molecule has 29 heavy (non-hydrogen) atoms. The summed E-state index contributed by atoms with van der Waals surface area (Å²) in [4.78, 5) is 8.47. The lowest BCUT2D eigenvalue weighted by atomic mass is 9.87. The maximum Gasteiger partial charge on any atom is 0.167 e. The van der Waals surface area contributed by atoms with Crippen LogP contribution in [-0.2, 0) is 0 Å². The first-order valence-corrected chi connectivity index (χ1v) is 9.71. The summed E-state index contributed by atoms with van der Waals surface area (Å²) in [7, 11) is 1.43. The Bertz CT molecular complexity index is 969. The Balaban J connectivity index is 1.51. The van der Waals surface area contributed by atoms with E-state index in [0.717, 1.165) is 31.2 Å². The SMILES string of the molecule is COc1ccc(-n2cc(-c3ncncc3OCC3CCC(N)CC3)cn2)cc1F. The standard InChI is InChI=1S/C21H24FN5O2/c1-28-19-7-6-17(8-18(19)22)27-11-15(9-26-27)21-20(10-24-13-25-21)29-12-14-2-4-16(23)5-3-14/h6-11,13-14,16H,2-5,12,23H2,1H3. The number of hydrogen-bond acceptors (Lipinski definition) is 6. The molecule has 3 aromatic rings. The van der Waals surface area contributed by atoms with Crippen LogP contribution in [-0.4, -0.2) is 39.5 Å². The second-order valence-electron chi connectivity index (χ2n) is 7.32. The van der Waals surface area contributed by atoms with Crippen molar-refractivity contribution in [3.8, 4) is 28.4 Å². The van der Waals surface area contributed by atoms with Gasteiger partial charge in [-0.05, 0) is 43.7 Å². The lowest BCUT2D eigenvalue weighted by Crippen LogP contribution is -2.28. The van der Waals surface area contributed by atoms with E-state index < -0.39 is 5.82 Å². The summed E-state index contributed by atoms with van der Waals surface area (Å²) in [5, 5.41) is 4.34. The van der Waals surface area contributed by atoms with Crippen LogP contribution in [0.4, 0.5) is 4.39 Å². The molecule has 0 atom stereocenters. The molecule has 1 saturated carbocycles. The molecule has 0 amide bonds. The molecule has 152 valence electrons. The first-order valence-electron chi connectivity index (χ1n) is 9.71. The van der Waals surface area contributed by atoms with Crippen molar-refractivity contribution in [1.29, 1.82) is 0 Å². The number of rotatable bonds is 6. The molecule has 0 bridgehead atoms. The van der Waals surface area contributed by atoms with Gasteiger partial charge in [0.15, 0.2) is 17.3 Å². The number of benzene rings is 1. The van der Waals surface area contributed by atoms with Gasteiger partial charge in [-0.15, -0.1) is 0 Å². The topological polar surface area (TPSA) is 88.1 Å². The number of nitrogens with two attached hydrogens (primary N) is 1. The lowest BCUT2D eigenvalue weighted by molar-refractivity contribution is 0.200. The molecule has 0 spiro atoms. The van der Waals surface area contributed by atoms with Crippen LogP contribution in [0.5, 0.6) is 11.5 Å². The van der Waals surface area contributed by atoms with Gasteiger partial charge in [0.25, 0.3) is 0 Å². The Morgan fingerprint density at radius 1 is 1.17 bits per heavy atom. The Hall–Kier alpha value is -3.00. The number of methoxy groups -OCH3 is 1. The highest BCUT2D eigenvalue weighted by atomic mass is 19.1. The quantitative estimate of drug-likeness (QED) is 0.686. The summed E-state index contributed by atoms with van der Waals surface area (Å²) < 4.78 is 26.6. The Morgan fingerprint density at radius 2 is 2.00 bits per heavy atom. The van der Waals surface area contributed by atoms with Crippen LogP contribution >= 0.6 is 0 Å². The third kappa shape index (κ3) is 4.37. The summed E-state index contributed by atoms with van der Waals surface area (Å²) in [6, 6.07) is 5.00. The van der Waals surface area contributed by atoms with Crippen molar-refractivity contribution < 1.29 is 13.9 Å². The highest BCUT2D eigenvalue weighted by Gasteiger charge is 2.20. The van der Waals surface area contributed by atoms with Gasteiger partial charge in [0.1, 0.15) is 12.0 Å². The van der Waals surface area contributed by atoms with Crippen LogP contribution in [0, 0.1) is 11.7 Å². The zero-order valence-corrected chi connectivity index (χ0v) is 16.3. The maximum absolute atomic E-state index is 14.0. The summed E-state index contributed by atoms with van der Waals surface area (Å²) in [5.41, 5.74) is 8.00. The molecular weight excluding hydrogens is 373 g/mol. The number of hydrogen-bond donors (Lipinski definition) is 1. The molecule has 0 saturated heterocycles. The molecule has 7 nitrogen and oxygen atoms in total. The minimum Gasteiger partial charge on any atom is -0.494 e. The normalized spacial score (nSPS) is 19.1. The average Bonchev–Trinajstić information content (AvgIpc) is 3.23. The van der Waals surface area contributed by atoms with E-state index in [2.05, 4.69) is 15.1 Å². The Morgan fingerprint density at radius 3 is 2.76 bits per heavy atom. The first-order chi connectivity index (χ1) is 14.1. The van der Waals surface area contributed by atoms with Crippen LogP contribution in [0.2, 0.25) is 0 Å². The van der Waals surface area contributed by atoms with Crippen molar-refractivity contribution in [2.45, 2.75) is 31.7 Å². The minimum atomic E-state index is -0.444. The third-order valence-electron chi connectivity index (χ3n) is 5.30. The van der Waals surface area contributed by atoms with Crippen molar-refractivity contribution in [1.82, 2.24) is 19.7 Å². The summed E-state index contributed by atoms with van der Waals surface area (Å²) >= 11 is 0. The first kappa shape index (κ1) is 19.3. The predicted molar refractivity (Wildman–Crippen MR) is 107 cm³/mol. The van der Waals surface area contributed by atoms with Crippen LogP contribution in [0.3, 0.4) is 0 Å². The van der Waals surface area contributed by atoms with Gasteiger partial charge in [0, 0.05) is 23.9 Å². The monoisotopic (exact) mass is 397 g/mol. The van der Waals surface area contributed by atoms with Crippen LogP contribution in [0.25, 0.3) is 16.9 Å². The fourth-order valence-electron chi connectivity index (χ4n) is 3.59.